The largest absolute Gasteiger partial charge is 0.491 e. The van der Waals surface area contributed by atoms with Crippen molar-refractivity contribution in [3.8, 4) is 5.75 Å². The van der Waals surface area contributed by atoms with Gasteiger partial charge in [0.1, 0.15) is 5.75 Å². The summed E-state index contributed by atoms with van der Waals surface area (Å²) < 4.78 is 5.54. The molecule has 0 bridgehead atoms. The fourth-order valence-corrected chi connectivity index (χ4v) is 1.26. The first-order chi connectivity index (χ1) is 6.58. The van der Waals surface area contributed by atoms with Gasteiger partial charge in [0.15, 0.2) is 0 Å². The minimum absolute atomic E-state index is 0.233. The van der Waals surface area contributed by atoms with Gasteiger partial charge in [-0.15, -0.1) is 0 Å². The van der Waals surface area contributed by atoms with E-state index in [4.69, 9.17) is 4.74 Å². The van der Waals surface area contributed by atoms with Crippen LogP contribution in [0.1, 0.15) is 19.4 Å². The topological polar surface area (TPSA) is 12.5 Å². The molecule has 2 heteroatoms. The molecule has 0 radical (unpaired) electrons. The number of hydrogen-bond donors (Lipinski definition) is 0. The predicted molar refractivity (Wildman–Crippen MR) is 59.0 cm³/mol. The molecule has 0 aliphatic heterocycles. The van der Waals surface area contributed by atoms with Gasteiger partial charge < -0.3 is 9.64 Å². The smallest absolute Gasteiger partial charge is 0.119 e. The second kappa shape index (κ2) is 5.01. The minimum Gasteiger partial charge on any atom is -0.491 e. The summed E-state index contributed by atoms with van der Waals surface area (Å²) in [6, 6.07) is 8.14. The summed E-state index contributed by atoms with van der Waals surface area (Å²) in [5.74, 6) is 0.926. The molecule has 0 unspecified atom stereocenters. The highest BCUT2D eigenvalue weighted by atomic mass is 16.5. The molecule has 1 aromatic carbocycles. The molecule has 78 valence electrons. The number of hydrogen-bond acceptors (Lipinski definition) is 2. The lowest BCUT2D eigenvalue weighted by Crippen LogP contribution is -2.08. The molecule has 0 spiro atoms. The molecule has 0 N–H and O–H groups in total. The van der Waals surface area contributed by atoms with E-state index in [1.165, 1.54) is 5.56 Å². The molecule has 0 saturated carbocycles. The van der Waals surface area contributed by atoms with Gasteiger partial charge in [0, 0.05) is 0 Å². The van der Waals surface area contributed by atoms with Crippen molar-refractivity contribution in [1.82, 2.24) is 4.90 Å². The van der Waals surface area contributed by atoms with Crippen LogP contribution in [0, 0.1) is 7.05 Å². The van der Waals surface area contributed by atoms with Crippen LogP contribution in [0.4, 0.5) is 0 Å². The van der Waals surface area contributed by atoms with Gasteiger partial charge in [0.2, 0.25) is 0 Å². The van der Waals surface area contributed by atoms with Gasteiger partial charge in [-0.05, 0) is 45.1 Å². The molecule has 0 amide bonds. The standard InChI is InChI=1S/C12H18NO/c1-10(2)14-12-7-5-11(6-8-12)9-13(3)4/h5-8,10H,3,9H2,1-2,4H3/q-1. The Morgan fingerprint density at radius 3 is 2.29 bits per heavy atom. The van der Waals surface area contributed by atoms with Crippen molar-refractivity contribution in [2.45, 2.75) is 26.5 Å². The Labute approximate surface area is 86.5 Å². The van der Waals surface area contributed by atoms with Crippen LogP contribution in [-0.2, 0) is 6.54 Å². The number of ether oxygens (including phenoxy) is 1. The van der Waals surface area contributed by atoms with E-state index in [0.29, 0.717) is 0 Å². The molecular weight excluding hydrogens is 174 g/mol. The van der Waals surface area contributed by atoms with Gasteiger partial charge in [0.05, 0.1) is 6.10 Å². The van der Waals surface area contributed by atoms with E-state index >= 15 is 0 Å². The molecule has 0 heterocycles. The summed E-state index contributed by atoms with van der Waals surface area (Å²) >= 11 is 0. The fraction of sp³-hybridized carbons (Fsp3) is 0.417. The SMILES string of the molecule is [CH2-]N(C)Cc1ccc(OC(C)C)cc1. The summed E-state index contributed by atoms with van der Waals surface area (Å²) in [5.41, 5.74) is 1.25. The van der Waals surface area contributed by atoms with Crippen molar-refractivity contribution in [2.75, 3.05) is 7.05 Å². The predicted octanol–water partition coefficient (Wildman–Crippen LogP) is 2.70. The second-order valence-electron chi connectivity index (χ2n) is 3.82. The van der Waals surface area contributed by atoms with Gasteiger partial charge in [0.25, 0.3) is 0 Å². The van der Waals surface area contributed by atoms with Gasteiger partial charge >= 0.3 is 0 Å². The zero-order chi connectivity index (χ0) is 10.6. The molecule has 0 aliphatic carbocycles. The molecular formula is C12H18NO-. The normalized spacial score (nSPS) is 11.0. The Kier molecular flexibility index (Phi) is 3.96. The Balaban J connectivity index is 2.59. The number of benzene rings is 1. The Morgan fingerprint density at radius 2 is 1.86 bits per heavy atom. The highest BCUT2D eigenvalue weighted by Gasteiger charge is 1.97. The van der Waals surface area contributed by atoms with Gasteiger partial charge in [-0.3, -0.25) is 7.05 Å². The van der Waals surface area contributed by atoms with Crippen LogP contribution in [-0.4, -0.2) is 18.1 Å². The lowest BCUT2D eigenvalue weighted by atomic mass is 10.2. The van der Waals surface area contributed by atoms with Crippen LogP contribution in [0.25, 0.3) is 0 Å². The third-order valence-electron chi connectivity index (χ3n) is 1.75. The van der Waals surface area contributed by atoms with Crippen molar-refractivity contribution >= 4 is 0 Å². The molecule has 0 atom stereocenters. The number of nitrogens with zero attached hydrogens (tertiary/aromatic N) is 1. The lowest BCUT2D eigenvalue weighted by molar-refractivity contribution is 0.242. The van der Waals surface area contributed by atoms with E-state index in [1.54, 1.807) is 0 Å². The van der Waals surface area contributed by atoms with E-state index in [2.05, 4.69) is 19.2 Å². The third kappa shape index (κ3) is 3.79. The van der Waals surface area contributed by atoms with Gasteiger partial charge in [-0.25, -0.2) is 0 Å². The van der Waals surface area contributed by atoms with Crippen LogP contribution in [0.15, 0.2) is 24.3 Å². The zero-order valence-electron chi connectivity index (χ0n) is 9.16. The average molecular weight is 192 g/mol. The maximum Gasteiger partial charge on any atom is 0.119 e. The highest BCUT2D eigenvalue weighted by molar-refractivity contribution is 5.27. The van der Waals surface area contributed by atoms with Crippen molar-refractivity contribution in [1.29, 1.82) is 0 Å². The van der Waals surface area contributed by atoms with Crippen LogP contribution in [0.3, 0.4) is 0 Å². The van der Waals surface area contributed by atoms with E-state index in [0.717, 1.165) is 12.3 Å². The van der Waals surface area contributed by atoms with Crippen LogP contribution < -0.4 is 4.74 Å². The van der Waals surface area contributed by atoms with Crippen molar-refractivity contribution < 1.29 is 4.74 Å². The molecule has 1 rings (SSSR count). The molecule has 0 aromatic heterocycles. The minimum atomic E-state index is 0.233. The quantitative estimate of drug-likeness (QED) is 0.680. The summed E-state index contributed by atoms with van der Waals surface area (Å²) in [6.07, 6.45) is 0.233. The van der Waals surface area contributed by atoms with Crippen LogP contribution in [0.5, 0.6) is 5.75 Å². The van der Waals surface area contributed by atoms with Crippen molar-refractivity contribution in [2.24, 2.45) is 0 Å². The van der Waals surface area contributed by atoms with Crippen LogP contribution >= 0.6 is 0 Å². The Hall–Kier alpha value is -1.02. The Bertz CT molecular complexity index is 235. The summed E-state index contributed by atoms with van der Waals surface area (Å²) in [7, 11) is 5.76. The average Bonchev–Trinajstić information content (AvgIpc) is 2.06. The van der Waals surface area contributed by atoms with E-state index in [-0.39, 0.29) is 6.10 Å². The zero-order valence-corrected chi connectivity index (χ0v) is 9.16. The van der Waals surface area contributed by atoms with Crippen molar-refractivity contribution in [3.63, 3.8) is 0 Å². The van der Waals surface area contributed by atoms with E-state index in [9.17, 15) is 0 Å². The monoisotopic (exact) mass is 192 g/mol. The maximum absolute atomic E-state index is 5.54. The van der Waals surface area contributed by atoms with E-state index < -0.39 is 0 Å². The summed E-state index contributed by atoms with van der Waals surface area (Å²) in [5, 5.41) is 0. The fourth-order valence-electron chi connectivity index (χ4n) is 1.26. The van der Waals surface area contributed by atoms with Crippen LogP contribution in [0.2, 0.25) is 0 Å². The molecule has 14 heavy (non-hydrogen) atoms. The molecule has 0 aliphatic rings. The first-order valence-corrected chi connectivity index (χ1v) is 4.85. The Morgan fingerprint density at radius 1 is 1.29 bits per heavy atom. The molecule has 2 nitrogen and oxygen atoms in total. The first-order valence-electron chi connectivity index (χ1n) is 4.85. The second-order valence-corrected chi connectivity index (χ2v) is 3.82. The maximum atomic E-state index is 5.54. The summed E-state index contributed by atoms with van der Waals surface area (Å²) in [4.78, 5) is 1.90. The highest BCUT2D eigenvalue weighted by Crippen LogP contribution is 2.14. The molecule has 0 saturated heterocycles. The van der Waals surface area contributed by atoms with Gasteiger partial charge in [-0.1, -0.05) is 12.1 Å². The summed E-state index contributed by atoms with van der Waals surface area (Å²) in [6.45, 7) is 4.91. The number of rotatable bonds is 4. The van der Waals surface area contributed by atoms with Gasteiger partial charge in [-0.2, -0.15) is 0 Å². The lowest BCUT2D eigenvalue weighted by Gasteiger charge is -2.18. The van der Waals surface area contributed by atoms with E-state index in [1.807, 2.05) is 37.9 Å². The molecule has 1 aromatic rings. The first kappa shape index (κ1) is 11.1. The van der Waals surface area contributed by atoms with Crippen molar-refractivity contribution in [3.05, 3.63) is 36.9 Å². The third-order valence-corrected chi connectivity index (χ3v) is 1.75. The molecule has 0 fully saturated rings.